The molecule has 0 radical (unpaired) electrons. The van der Waals surface area contributed by atoms with E-state index in [0.29, 0.717) is 28.3 Å². The molecular weight excluding hydrogens is 442 g/mol. The molecule has 2 aliphatic rings. The Balaban J connectivity index is 1.27. The van der Waals surface area contributed by atoms with Gasteiger partial charge in [0, 0.05) is 34.4 Å². The van der Waals surface area contributed by atoms with Crippen LogP contribution in [0.15, 0.2) is 48.5 Å². The van der Waals surface area contributed by atoms with Crippen LogP contribution in [0.5, 0.6) is 0 Å². The summed E-state index contributed by atoms with van der Waals surface area (Å²) in [6.07, 6.45) is 4.88. The Labute approximate surface area is 203 Å². The molecule has 2 heterocycles. The van der Waals surface area contributed by atoms with E-state index < -0.39 is 0 Å². The average molecular weight is 470 g/mol. The van der Waals surface area contributed by atoms with Gasteiger partial charge in [-0.3, -0.25) is 19.3 Å². The van der Waals surface area contributed by atoms with Gasteiger partial charge in [-0.05, 0) is 75.2 Å². The molecule has 178 valence electrons. The number of nitrogens with one attached hydrogen (secondary N) is 2. The number of aromatic nitrogens is 2. The zero-order chi connectivity index (χ0) is 24.5. The highest BCUT2D eigenvalue weighted by atomic mass is 16.2. The lowest BCUT2D eigenvalue weighted by atomic mass is 9.94. The number of imide groups is 1. The third kappa shape index (κ3) is 4.64. The van der Waals surface area contributed by atoms with Crippen LogP contribution in [0.3, 0.4) is 0 Å². The summed E-state index contributed by atoms with van der Waals surface area (Å²) in [7, 11) is 0. The van der Waals surface area contributed by atoms with E-state index in [4.69, 9.17) is 0 Å². The maximum Gasteiger partial charge on any atom is 0.261 e. The number of carbonyl (C=O) groups excluding carboxylic acids is 3. The maximum atomic E-state index is 13.0. The lowest BCUT2D eigenvalue weighted by Gasteiger charge is -2.29. The fourth-order valence-electron chi connectivity index (χ4n) is 4.82. The Morgan fingerprint density at radius 2 is 1.46 bits per heavy atom. The van der Waals surface area contributed by atoms with Crippen LogP contribution in [0, 0.1) is 13.8 Å². The molecule has 35 heavy (non-hydrogen) atoms. The Morgan fingerprint density at radius 1 is 0.829 bits per heavy atom. The van der Waals surface area contributed by atoms with Gasteiger partial charge in [0.15, 0.2) is 0 Å². The van der Waals surface area contributed by atoms with Crippen molar-refractivity contribution in [2.75, 3.05) is 10.6 Å². The van der Waals surface area contributed by atoms with E-state index in [1.807, 2.05) is 32.0 Å². The van der Waals surface area contributed by atoms with Gasteiger partial charge < -0.3 is 10.6 Å². The Kier molecular flexibility index (Phi) is 6.03. The Bertz CT molecular complexity index is 1290. The van der Waals surface area contributed by atoms with Crippen molar-refractivity contribution in [1.29, 1.82) is 0 Å². The highest BCUT2D eigenvalue weighted by Gasteiger charge is 2.40. The standard InChI is InChI=1S/C27H27N5O3/c1-16-14-17(2)29-27(28-16)31-20-11-9-19(10-12-20)30-24(33)18-8-13-22-23(15-18)26(35)32(25(22)34)21-6-4-3-5-7-21/h8-15,21H,3-7H2,1-2H3,(H,30,33)(H,28,29,31). The summed E-state index contributed by atoms with van der Waals surface area (Å²) in [5.74, 6) is -0.378. The van der Waals surface area contributed by atoms with Crippen LogP contribution in [0.1, 0.15) is 74.6 Å². The molecule has 2 aromatic carbocycles. The number of hydrogen-bond donors (Lipinski definition) is 2. The minimum Gasteiger partial charge on any atom is -0.324 e. The van der Waals surface area contributed by atoms with Gasteiger partial charge >= 0.3 is 0 Å². The smallest absolute Gasteiger partial charge is 0.261 e. The molecule has 1 aliphatic heterocycles. The molecule has 8 nitrogen and oxygen atoms in total. The second-order valence-electron chi connectivity index (χ2n) is 9.16. The van der Waals surface area contributed by atoms with Crippen molar-refractivity contribution in [1.82, 2.24) is 14.9 Å². The highest BCUT2D eigenvalue weighted by Crippen LogP contribution is 2.31. The summed E-state index contributed by atoms with van der Waals surface area (Å²) in [6, 6.07) is 13.8. The summed E-state index contributed by atoms with van der Waals surface area (Å²) in [5.41, 5.74) is 4.16. The van der Waals surface area contributed by atoms with Crippen molar-refractivity contribution in [3.8, 4) is 0 Å². The molecule has 0 saturated heterocycles. The third-order valence-corrected chi connectivity index (χ3v) is 6.50. The number of carbonyl (C=O) groups is 3. The summed E-state index contributed by atoms with van der Waals surface area (Å²) in [5, 5.41) is 6.01. The summed E-state index contributed by atoms with van der Waals surface area (Å²) in [6.45, 7) is 3.82. The van der Waals surface area contributed by atoms with E-state index in [0.717, 1.165) is 49.2 Å². The monoisotopic (exact) mass is 469 g/mol. The van der Waals surface area contributed by atoms with Crippen LogP contribution in [-0.4, -0.2) is 38.6 Å². The SMILES string of the molecule is Cc1cc(C)nc(Nc2ccc(NC(=O)c3ccc4c(c3)C(=O)N(C3CCCCC3)C4=O)cc2)n1. The first-order chi connectivity index (χ1) is 16.9. The van der Waals surface area contributed by atoms with E-state index >= 15 is 0 Å². The van der Waals surface area contributed by atoms with Crippen LogP contribution in [0.25, 0.3) is 0 Å². The number of rotatable bonds is 5. The summed E-state index contributed by atoms with van der Waals surface area (Å²) >= 11 is 0. The third-order valence-electron chi connectivity index (χ3n) is 6.50. The first-order valence-corrected chi connectivity index (χ1v) is 11.9. The molecule has 2 N–H and O–H groups in total. The summed E-state index contributed by atoms with van der Waals surface area (Å²) < 4.78 is 0. The van der Waals surface area contributed by atoms with Crippen molar-refractivity contribution in [2.24, 2.45) is 0 Å². The highest BCUT2D eigenvalue weighted by molar-refractivity contribution is 6.22. The molecule has 1 saturated carbocycles. The van der Waals surface area contributed by atoms with Crippen molar-refractivity contribution < 1.29 is 14.4 Å². The second kappa shape index (κ2) is 9.29. The first kappa shape index (κ1) is 22.7. The van der Waals surface area contributed by atoms with Crippen LogP contribution in [0.4, 0.5) is 17.3 Å². The molecule has 0 bridgehead atoms. The van der Waals surface area contributed by atoms with Crippen molar-refractivity contribution >= 4 is 35.0 Å². The van der Waals surface area contributed by atoms with Crippen LogP contribution in [0.2, 0.25) is 0 Å². The average Bonchev–Trinajstić information content (AvgIpc) is 3.09. The van der Waals surface area contributed by atoms with Gasteiger partial charge in [0.2, 0.25) is 5.95 Å². The molecule has 0 atom stereocenters. The quantitative estimate of drug-likeness (QED) is 0.509. The number of anilines is 3. The van der Waals surface area contributed by atoms with Crippen molar-refractivity contribution in [3.05, 3.63) is 76.6 Å². The van der Waals surface area contributed by atoms with E-state index in [9.17, 15) is 14.4 Å². The van der Waals surface area contributed by atoms with Crippen LogP contribution >= 0.6 is 0 Å². The number of aryl methyl sites for hydroxylation is 2. The predicted octanol–water partition coefficient (Wildman–Crippen LogP) is 5.02. The van der Waals surface area contributed by atoms with Gasteiger partial charge in [-0.2, -0.15) is 0 Å². The van der Waals surface area contributed by atoms with Crippen molar-refractivity contribution in [3.63, 3.8) is 0 Å². The van der Waals surface area contributed by atoms with Gasteiger partial charge in [0.05, 0.1) is 11.1 Å². The summed E-state index contributed by atoms with van der Waals surface area (Å²) in [4.78, 5) is 48.9. The van der Waals surface area contributed by atoms with Gasteiger partial charge in [-0.1, -0.05) is 19.3 Å². The molecule has 8 heteroatoms. The Morgan fingerprint density at radius 3 is 2.14 bits per heavy atom. The topological polar surface area (TPSA) is 104 Å². The lowest BCUT2D eigenvalue weighted by Crippen LogP contribution is -2.40. The number of fused-ring (bicyclic) bond motifs is 1. The van der Waals surface area contributed by atoms with Crippen LogP contribution in [-0.2, 0) is 0 Å². The minimum atomic E-state index is -0.345. The van der Waals surface area contributed by atoms with E-state index in [1.165, 1.54) is 11.0 Å². The molecule has 5 rings (SSSR count). The molecule has 1 aromatic heterocycles. The van der Waals surface area contributed by atoms with Crippen molar-refractivity contribution in [2.45, 2.75) is 52.0 Å². The molecular formula is C27H27N5O3. The number of hydrogen-bond acceptors (Lipinski definition) is 6. The number of amides is 3. The molecule has 0 spiro atoms. The van der Waals surface area contributed by atoms with Gasteiger partial charge in [0.1, 0.15) is 0 Å². The predicted molar refractivity (Wildman–Crippen MR) is 133 cm³/mol. The maximum absolute atomic E-state index is 13.0. The van der Waals surface area contributed by atoms with Gasteiger partial charge in [-0.25, -0.2) is 9.97 Å². The van der Waals surface area contributed by atoms with Gasteiger partial charge in [0.25, 0.3) is 17.7 Å². The second-order valence-corrected chi connectivity index (χ2v) is 9.16. The van der Waals surface area contributed by atoms with Gasteiger partial charge in [-0.15, -0.1) is 0 Å². The fourth-order valence-corrected chi connectivity index (χ4v) is 4.82. The molecule has 0 unspecified atom stereocenters. The zero-order valence-electron chi connectivity index (χ0n) is 19.8. The van der Waals surface area contributed by atoms with E-state index in [2.05, 4.69) is 20.6 Å². The molecule has 3 amide bonds. The Hall–Kier alpha value is -4.07. The number of benzene rings is 2. The van der Waals surface area contributed by atoms with E-state index in [1.54, 1.807) is 24.3 Å². The largest absolute Gasteiger partial charge is 0.324 e. The normalized spacial score (nSPS) is 15.8. The zero-order valence-corrected chi connectivity index (χ0v) is 19.8. The first-order valence-electron chi connectivity index (χ1n) is 11.9. The van der Waals surface area contributed by atoms with E-state index in [-0.39, 0.29) is 23.8 Å². The lowest BCUT2D eigenvalue weighted by molar-refractivity contribution is 0.0549. The van der Waals surface area contributed by atoms with Crippen LogP contribution < -0.4 is 10.6 Å². The molecule has 1 fully saturated rings. The minimum absolute atomic E-state index is 0.0466. The fraction of sp³-hybridized carbons (Fsp3) is 0.296. The molecule has 1 aliphatic carbocycles. The molecule has 3 aromatic rings. The number of nitrogens with zero attached hydrogens (tertiary/aromatic N) is 3.